The molecule has 0 amide bonds. The third-order valence-corrected chi connectivity index (χ3v) is 8.45. The van der Waals surface area contributed by atoms with Crippen LogP contribution in [0.4, 0.5) is 26.3 Å². The number of hydrogen-bond donors (Lipinski definition) is 0. The van der Waals surface area contributed by atoms with Gasteiger partial charge in [0.15, 0.2) is 28.1 Å². The van der Waals surface area contributed by atoms with Crippen molar-refractivity contribution in [3.8, 4) is 19.7 Å². The van der Waals surface area contributed by atoms with Gasteiger partial charge in [0, 0.05) is 12.8 Å². The molecular formula is C22H18F6I2O6S2. The molecular weight excluding hydrogens is 792 g/mol. The summed E-state index contributed by atoms with van der Waals surface area (Å²) in [6, 6.07) is 21.2. The molecule has 0 unspecified atom stereocenters. The molecule has 2 aromatic carbocycles. The van der Waals surface area contributed by atoms with Gasteiger partial charge in [-0.3, -0.25) is 0 Å². The third-order valence-electron chi connectivity index (χ3n) is 3.33. The van der Waals surface area contributed by atoms with Gasteiger partial charge in [-0.15, -0.1) is 0 Å². The van der Waals surface area contributed by atoms with Crippen LogP contribution in [-0.2, 0) is 20.2 Å². The Morgan fingerprint density at radius 2 is 0.868 bits per heavy atom. The molecule has 210 valence electrons. The second-order valence-electron chi connectivity index (χ2n) is 6.33. The van der Waals surface area contributed by atoms with Gasteiger partial charge in [0.1, 0.15) is 0 Å². The Balaban J connectivity index is 0.000000705. The van der Waals surface area contributed by atoms with Crippen molar-refractivity contribution < 1.29 is 94.7 Å². The predicted octanol–water partition coefficient (Wildman–Crippen LogP) is -1.51. The van der Waals surface area contributed by atoms with Gasteiger partial charge in [0.2, 0.25) is 7.14 Å². The summed E-state index contributed by atoms with van der Waals surface area (Å²) in [5.41, 5.74) is -11.3. The number of halogens is 8. The number of rotatable bonds is 5. The monoisotopic (exact) mass is 810 g/mol. The average molecular weight is 810 g/mol. The molecule has 0 aliphatic rings. The topological polar surface area (TPSA) is 114 Å². The summed E-state index contributed by atoms with van der Waals surface area (Å²) in [7, 11) is -12.2. The number of alkyl halides is 6. The van der Waals surface area contributed by atoms with E-state index in [0.717, 1.165) is 12.8 Å². The lowest BCUT2D eigenvalue weighted by atomic mass is 10.2. The van der Waals surface area contributed by atoms with Gasteiger partial charge in [0.05, 0.1) is 0 Å². The Morgan fingerprint density at radius 1 is 0.605 bits per heavy atom. The van der Waals surface area contributed by atoms with Gasteiger partial charge >= 0.3 is 53.4 Å². The van der Waals surface area contributed by atoms with Gasteiger partial charge < -0.3 is 9.11 Å². The van der Waals surface area contributed by atoms with Crippen molar-refractivity contribution in [3.63, 3.8) is 0 Å². The highest BCUT2D eigenvalue weighted by molar-refractivity contribution is 7.86. The molecule has 0 aromatic heterocycles. The van der Waals surface area contributed by atoms with E-state index in [9.17, 15) is 26.3 Å². The first kappa shape index (κ1) is 36.4. The minimum absolute atomic E-state index is 0.116. The van der Waals surface area contributed by atoms with Crippen molar-refractivity contribution in [2.75, 3.05) is 0 Å². The molecule has 0 atom stereocenters. The summed E-state index contributed by atoms with van der Waals surface area (Å²) in [5.74, 6) is 6.62. The first-order valence-electron chi connectivity index (χ1n) is 9.83. The smallest absolute Gasteiger partial charge is 0.485 e. The summed E-state index contributed by atoms with van der Waals surface area (Å²) in [6.45, 7) is 0. The molecule has 0 aliphatic heterocycles. The lowest BCUT2D eigenvalue weighted by molar-refractivity contribution is -0.535. The van der Waals surface area contributed by atoms with E-state index in [2.05, 4.69) is 80.4 Å². The van der Waals surface area contributed by atoms with Gasteiger partial charge in [-0.05, 0) is 48.9 Å². The van der Waals surface area contributed by atoms with Crippen LogP contribution < -0.4 is 42.4 Å². The highest BCUT2D eigenvalue weighted by Crippen LogP contribution is 2.21. The highest BCUT2D eigenvalue weighted by Gasteiger charge is 2.37. The minimum Gasteiger partial charge on any atom is -0.741 e. The molecule has 6 nitrogen and oxygen atoms in total. The van der Waals surface area contributed by atoms with Gasteiger partial charge in [0.25, 0.3) is 0 Å². The first-order chi connectivity index (χ1) is 17.4. The van der Waals surface area contributed by atoms with E-state index in [0.29, 0.717) is 0 Å². The van der Waals surface area contributed by atoms with Gasteiger partial charge in [-0.2, -0.15) is 26.3 Å². The first-order valence-corrected chi connectivity index (χ1v) is 17.0. The molecule has 0 spiro atoms. The second-order valence-corrected chi connectivity index (χ2v) is 13.7. The Bertz CT molecular complexity index is 1190. The molecule has 0 aliphatic carbocycles. The molecule has 2 rings (SSSR count). The van der Waals surface area contributed by atoms with E-state index in [1.54, 1.807) is 0 Å². The fourth-order valence-corrected chi connectivity index (χ4v) is 4.75. The van der Waals surface area contributed by atoms with E-state index >= 15 is 0 Å². The van der Waals surface area contributed by atoms with Crippen molar-refractivity contribution >= 4 is 20.2 Å². The van der Waals surface area contributed by atoms with E-state index < -0.39 is 31.3 Å². The van der Waals surface area contributed by atoms with Crippen LogP contribution in [0.2, 0.25) is 0 Å². The normalized spacial score (nSPS) is 11.3. The summed E-state index contributed by atoms with van der Waals surface area (Å²) in [6.07, 6.45) is 4.37. The van der Waals surface area contributed by atoms with Crippen molar-refractivity contribution in [1.82, 2.24) is 0 Å². The van der Waals surface area contributed by atoms with Gasteiger partial charge in [-0.1, -0.05) is 36.4 Å². The Hall–Kier alpha value is -1.58. The van der Waals surface area contributed by atoms with Crippen LogP contribution in [0.5, 0.6) is 0 Å². The fourth-order valence-electron chi connectivity index (χ4n) is 1.65. The number of benzene rings is 2. The van der Waals surface area contributed by atoms with Crippen LogP contribution in [0.1, 0.15) is 25.7 Å². The highest BCUT2D eigenvalue weighted by atomic mass is 127. The van der Waals surface area contributed by atoms with Crippen molar-refractivity contribution in [2.24, 2.45) is 0 Å². The van der Waals surface area contributed by atoms with Crippen LogP contribution in [-0.4, -0.2) is 37.0 Å². The van der Waals surface area contributed by atoms with E-state index in [1.165, 1.54) is 20.0 Å². The Labute approximate surface area is 237 Å². The molecule has 0 saturated heterocycles. The number of unbranched alkanes of at least 4 members (excludes halogenated alkanes) is 3. The maximum Gasteiger partial charge on any atom is 0.485 e. The van der Waals surface area contributed by atoms with E-state index in [4.69, 9.17) is 25.9 Å². The van der Waals surface area contributed by atoms with Crippen molar-refractivity contribution in [1.29, 1.82) is 0 Å². The van der Waals surface area contributed by atoms with Crippen LogP contribution >= 0.6 is 0 Å². The molecule has 0 fully saturated rings. The largest absolute Gasteiger partial charge is 0.741 e. The van der Waals surface area contributed by atoms with Crippen LogP contribution in [0.25, 0.3) is 0 Å². The maximum absolute atomic E-state index is 10.7. The minimum atomic E-state index is -6.09. The van der Waals surface area contributed by atoms with E-state index in [-0.39, 0.29) is 42.4 Å². The molecule has 0 heterocycles. The Kier molecular flexibility index (Phi) is 17.2. The molecule has 0 radical (unpaired) electrons. The summed E-state index contributed by atoms with van der Waals surface area (Å²) in [5, 5.41) is 0. The Morgan fingerprint density at radius 3 is 1.11 bits per heavy atom. The predicted molar refractivity (Wildman–Crippen MR) is 116 cm³/mol. The van der Waals surface area contributed by atoms with Crippen molar-refractivity contribution in [3.05, 3.63) is 67.8 Å². The van der Waals surface area contributed by atoms with Crippen molar-refractivity contribution in [2.45, 2.75) is 36.7 Å². The average Bonchev–Trinajstić information content (AvgIpc) is 2.80. The zero-order valence-electron chi connectivity index (χ0n) is 18.9. The molecule has 0 bridgehead atoms. The van der Waals surface area contributed by atoms with Crippen LogP contribution in [0.15, 0.2) is 60.7 Å². The second kappa shape index (κ2) is 17.9. The van der Waals surface area contributed by atoms with E-state index in [1.807, 2.05) is 0 Å². The van der Waals surface area contributed by atoms with Crippen LogP contribution in [0.3, 0.4) is 0 Å². The zero-order chi connectivity index (χ0) is 29.3. The van der Waals surface area contributed by atoms with Crippen LogP contribution in [0, 0.1) is 26.8 Å². The molecule has 38 heavy (non-hydrogen) atoms. The standard InChI is InChI=1S/C20H18I2.2CHF3O3S/c1(3-11-17-21-19-13-7-5-8-14-19)2-4-12-18-22-20-15-9-6-10-16-20;2*2-1(3,4)8(5,6)7/h5-10,13-16H,1-4H2;2*(H,5,6,7)/q+2;;/p-2. The molecule has 2 aromatic rings. The summed E-state index contributed by atoms with van der Waals surface area (Å²) in [4.78, 5) is 0. The maximum atomic E-state index is 10.7. The van der Waals surface area contributed by atoms with Gasteiger partial charge in [-0.25, -0.2) is 16.8 Å². The summed E-state index contributed by atoms with van der Waals surface area (Å²) < 4.78 is 127. The SMILES string of the molecule is C(#C[I+]c1ccccc1)CCCCC#C[I+]c1ccccc1.O=S(=O)([O-])C(F)(F)F.O=S(=O)([O-])C(F)(F)F. The summed E-state index contributed by atoms with van der Waals surface area (Å²) >= 11 is -0.232. The molecule has 0 saturated carbocycles. The quantitative estimate of drug-likeness (QED) is 0.0908. The number of hydrogen-bond acceptors (Lipinski definition) is 6. The third kappa shape index (κ3) is 18.6. The molecule has 0 N–H and O–H groups in total. The lowest BCUT2D eigenvalue weighted by Gasteiger charge is -2.08. The molecule has 16 heteroatoms. The lowest BCUT2D eigenvalue weighted by Crippen LogP contribution is -3.59. The zero-order valence-corrected chi connectivity index (χ0v) is 24.8. The fraction of sp³-hybridized carbons (Fsp3) is 0.273.